The van der Waals surface area contributed by atoms with Crippen molar-refractivity contribution in [2.45, 2.75) is 10.1 Å². The van der Waals surface area contributed by atoms with Crippen LogP contribution in [0.4, 0.5) is 10.5 Å². The normalized spacial score (nSPS) is 11.1. The Hall–Kier alpha value is -3.78. The van der Waals surface area contributed by atoms with E-state index >= 15 is 0 Å². The molecule has 3 rings (SSSR count). The molecule has 31 heavy (non-hydrogen) atoms. The molecule has 3 N–H and O–H groups in total. The van der Waals surface area contributed by atoms with Crippen LogP contribution < -0.4 is 16.2 Å². The fraction of sp³-hybridized carbons (Fsp3) is 0.0870. The third-order valence-electron chi connectivity index (χ3n) is 4.22. The van der Waals surface area contributed by atoms with Crippen LogP contribution in [0.3, 0.4) is 0 Å². The number of rotatable bonds is 6. The van der Waals surface area contributed by atoms with E-state index in [1.807, 2.05) is 60.7 Å². The maximum absolute atomic E-state index is 12.9. The summed E-state index contributed by atoms with van der Waals surface area (Å²) in [7, 11) is 1.26. The lowest BCUT2D eigenvalue weighted by Crippen LogP contribution is -2.45. The molecule has 158 valence electrons. The highest BCUT2D eigenvalue weighted by Gasteiger charge is 2.22. The first-order valence-corrected chi connectivity index (χ1v) is 10.3. The van der Waals surface area contributed by atoms with E-state index in [4.69, 9.17) is 4.74 Å². The van der Waals surface area contributed by atoms with Crippen molar-refractivity contribution in [1.29, 1.82) is 0 Å². The lowest BCUT2D eigenvalue weighted by Gasteiger charge is -2.18. The molecule has 0 unspecified atom stereocenters. The molecule has 0 radical (unpaired) electrons. The van der Waals surface area contributed by atoms with Crippen LogP contribution in [0.15, 0.2) is 89.8 Å². The van der Waals surface area contributed by atoms with Gasteiger partial charge in [0, 0.05) is 4.90 Å². The predicted molar refractivity (Wildman–Crippen MR) is 120 cm³/mol. The number of urea groups is 1. The molecule has 0 fully saturated rings. The van der Waals surface area contributed by atoms with Crippen molar-refractivity contribution in [2.75, 3.05) is 12.4 Å². The molecule has 0 aliphatic carbocycles. The SMILES string of the molecule is COC(=O)c1ccccc1NC(=O)NNC(=O)[C@H](Sc1ccccc1)c1ccccc1. The standard InChI is InChI=1S/C23H21N3O4S/c1-30-22(28)18-14-8-9-15-19(18)24-23(29)26-25-21(27)20(16-10-4-2-5-11-16)31-17-12-6-3-7-13-17/h2-15,20H,1H3,(H,25,27)(H2,24,26,29)/t20-/m1/s1. The number of hydrogen-bond donors (Lipinski definition) is 3. The number of carbonyl (C=O) groups excluding carboxylic acids is 3. The first-order valence-electron chi connectivity index (χ1n) is 9.39. The average molecular weight is 436 g/mol. The van der Waals surface area contributed by atoms with Crippen molar-refractivity contribution >= 4 is 35.4 Å². The van der Waals surface area contributed by atoms with E-state index in [0.717, 1.165) is 10.5 Å². The van der Waals surface area contributed by atoms with Gasteiger partial charge in [-0.25, -0.2) is 15.0 Å². The molecule has 1 atom stereocenters. The number of hydrazine groups is 1. The minimum atomic E-state index is -0.693. The molecule has 0 bridgehead atoms. The lowest BCUT2D eigenvalue weighted by molar-refractivity contribution is -0.121. The summed E-state index contributed by atoms with van der Waals surface area (Å²) in [4.78, 5) is 37.9. The molecule has 3 aromatic rings. The highest BCUT2D eigenvalue weighted by molar-refractivity contribution is 8.00. The Morgan fingerprint density at radius 3 is 2.10 bits per heavy atom. The molecule has 0 aromatic heterocycles. The summed E-state index contributed by atoms with van der Waals surface area (Å²) in [6.45, 7) is 0. The van der Waals surface area contributed by atoms with E-state index in [1.165, 1.54) is 24.9 Å². The van der Waals surface area contributed by atoms with Gasteiger partial charge in [0.1, 0.15) is 5.25 Å². The maximum Gasteiger partial charge on any atom is 0.339 e. The van der Waals surface area contributed by atoms with Gasteiger partial charge in [0.15, 0.2) is 0 Å². The molecule has 0 aliphatic rings. The number of methoxy groups -OCH3 is 1. The highest BCUT2D eigenvalue weighted by atomic mass is 32.2. The first-order chi connectivity index (χ1) is 15.1. The summed E-state index contributed by atoms with van der Waals surface area (Å²) in [5.74, 6) is -0.972. The van der Waals surface area contributed by atoms with Crippen LogP contribution in [-0.4, -0.2) is 25.0 Å². The smallest absolute Gasteiger partial charge is 0.339 e. The fourth-order valence-corrected chi connectivity index (χ4v) is 3.80. The van der Waals surface area contributed by atoms with Crippen molar-refractivity contribution in [3.8, 4) is 0 Å². The van der Waals surface area contributed by atoms with Crippen molar-refractivity contribution in [3.05, 3.63) is 96.1 Å². The van der Waals surface area contributed by atoms with E-state index in [1.54, 1.807) is 18.2 Å². The second-order valence-electron chi connectivity index (χ2n) is 6.33. The first kappa shape index (κ1) is 21.9. The Morgan fingerprint density at radius 2 is 1.42 bits per heavy atom. The number of anilines is 1. The van der Waals surface area contributed by atoms with Crippen LogP contribution in [0.5, 0.6) is 0 Å². The van der Waals surface area contributed by atoms with Crippen LogP contribution >= 0.6 is 11.8 Å². The Kier molecular flexibility index (Phi) is 7.67. The molecular weight excluding hydrogens is 414 g/mol. The maximum atomic E-state index is 12.9. The monoisotopic (exact) mass is 435 g/mol. The molecule has 8 heteroatoms. The number of nitrogens with one attached hydrogen (secondary N) is 3. The van der Waals surface area contributed by atoms with Gasteiger partial charge in [-0.1, -0.05) is 60.7 Å². The van der Waals surface area contributed by atoms with Crippen LogP contribution in [0, 0.1) is 0 Å². The number of hydrogen-bond acceptors (Lipinski definition) is 5. The Balaban J connectivity index is 1.67. The third-order valence-corrected chi connectivity index (χ3v) is 5.48. The van der Waals surface area contributed by atoms with Gasteiger partial charge in [0.2, 0.25) is 0 Å². The lowest BCUT2D eigenvalue weighted by atomic mass is 10.1. The summed E-state index contributed by atoms with van der Waals surface area (Å²) in [5, 5.41) is 1.96. The molecule has 3 aromatic carbocycles. The van der Waals surface area contributed by atoms with E-state index in [0.29, 0.717) is 0 Å². The van der Waals surface area contributed by atoms with E-state index in [2.05, 4.69) is 16.2 Å². The highest BCUT2D eigenvalue weighted by Crippen LogP contribution is 2.35. The number of ether oxygens (including phenoxy) is 1. The topological polar surface area (TPSA) is 96.5 Å². The number of benzene rings is 3. The minimum absolute atomic E-state index is 0.202. The largest absolute Gasteiger partial charge is 0.465 e. The summed E-state index contributed by atoms with van der Waals surface area (Å²) in [6.07, 6.45) is 0. The zero-order chi connectivity index (χ0) is 22.1. The second-order valence-corrected chi connectivity index (χ2v) is 7.51. The number of thioether (sulfide) groups is 1. The third kappa shape index (κ3) is 6.10. The average Bonchev–Trinajstić information content (AvgIpc) is 2.82. The summed E-state index contributed by atoms with van der Waals surface area (Å²) >= 11 is 1.37. The van der Waals surface area contributed by atoms with Gasteiger partial charge >= 0.3 is 12.0 Å². The minimum Gasteiger partial charge on any atom is -0.465 e. The van der Waals surface area contributed by atoms with Gasteiger partial charge in [-0.2, -0.15) is 0 Å². The van der Waals surface area contributed by atoms with Crippen LogP contribution in [0.25, 0.3) is 0 Å². The van der Waals surface area contributed by atoms with Crippen molar-refractivity contribution < 1.29 is 19.1 Å². The zero-order valence-electron chi connectivity index (χ0n) is 16.7. The van der Waals surface area contributed by atoms with Gasteiger partial charge in [0.25, 0.3) is 5.91 Å². The predicted octanol–water partition coefficient (Wildman–Crippen LogP) is 4.16. The summed E-state index contributed by atoms with van der Waals surface area (Å²) in [5.41, 5.74) is 6.05. The molecule has 0 saturated heterocycles. The summed E-state index contributed by atoms with van der Waals surface area (Å²) in [6, 6.07) is 24.5. The Labute approximate surface area is 184 Å². The van der Waals surface area contributed by atoms with Crippen LogP contribution in [-0.2, 0) is 9.53 Å². The Bertz CT molecular complexity index is 1040. The van der Waals surface area contributed by atoms with Gasteiger partial charge in [-0.05, 0) is 29.8 Å². The molecule has 0 spiro atoms. The van der Waals surface area contributed by atoms with E-state index < -0.39 is 23.2 Å². The zero-order valence-corrected chi connectivity index (χ0v) is 17.5. The van der Waals surface area contributed by atoms with Crippen LogP contribution in [0.2, 0.25) is 0 Å². The quantitative estimate of drug-likeness (QED) is 0.307. The number of carbonyl (C=O) groups is 3. The molecule has 0 aliphatic heterocycles. The van der Waals surface area contributed by atoms with E-state index in [9.17, 15) is 14.4 Å². The Morgan fingerprint density at radius 1 is 0.806 bits per heavy atom. The van der Waals surface area contributed by atoms with Crippen molar-refractivity contribution in [1.82, 2.24) is 10.9 Å². The summed E-state index contributed by atoms with van der Waals surface area (Å²) < 4.78 is 4.71. The van der Waals surface area contributed by atoms with Crippen LogP contribution in [0.1, 0.15) is 21.2 Å². The molecule has 0 saturated carbocycles. The fourth-order valence-electron chi connectivity index (χ4n) is 2.75. The van der Waals surface area contributed by atoms with Crippen molar-refractivity contribution in [2.24, 2.45) is 0 Å². The number of esters is 1. The molecule has 0 heterocycles. The van der Waals surface area contributed by atoms with E-state index in [-0.39, 0.29) is 11.3 Å². The molecular formula is C23H21N3O4S. The van der Waals surface area contributed by atoms with Crippen molar-refractivity contribution in [3.63, 3.8) is 0 Å². The second kappa shape index (κ2) is 10.8. The molecule has 3 amide bonds. The van der Waals surface area contributed by atoms with Gasteiger partial charge < -0.3 is 10.1 Å². The van der Waals surface area contributed by atoms with Gasteiger partial charge in [-0.3, -0.25) is 10.2 Å². The van der Waals surface area contributed by atoms with Gasteiger partial charge in [0.05, 0.1) is 18.4 Å². The van der Waals surface area contributed by atoms with Gasteiger partial charge in [-0.15, -0.1) is 11.8 Å². The number of amides is 3. The number of para-hydroxylation sites is 1. The molecule has 7 nitrogen and oxygen atoms in total.